The lowest BCUT2D eigenvalue weighted by Crippen LogP contribution is -1.78. The molecule has 0 aliphatic heterocycles. The van der Waals surface area contributed by atoms with E-state index in [1.807, 2.05) is 0 Å². The summed E-state index contributed by atoms with van der Waals surface area (Å²) in [5.41, 5.74) is 1.16. The number of aromatic amines is 1. The Labute approximate surface area is 76.0 Å². The molecule has 0 atom stereocenters. The molecule has 0 amide bonds. The first-order valence-corrected chi connectivity index (χ1v) is 4.14. The van der Waals surface area contributed by atoms with Crippen LogP contribution >= 0.6 is 22.6 Å². The van der Waals surface area contributed by atoms with E-state index in [2.05, 4.69) is 32.6 Å². The van der Waals surface area contributed by atoms with Crippen LogP contribution in [0.1, 0.15) is 0 Å². The zero-order chi connectivity index (χ0) is 7.84. The van der Waals surface area contributed by atoms with Crippen molar-refractivity contribution < 1.29 is 4.39 Å². The van der Waals surface area contributed by atoms with Gasteiger partial charge in [0.05, 0.1) is 9.22 Å². The second-order valence-corrected chi connectivity index (χ2v) is 3.33. The van der Waals surface area contributed by atoms with Gasteiger partial charge in [0.25, 0.3) is 0 Å². The van der Waals surface area contributed by atoms with E-state index < -0.39 is 0 Å². The molecule has 0 unspecified atom stereocenters. The Morgan fingerprint density at radius 2 is 2.36 bits per heavy atom. The van der Waals surface area contributed by atoms with E-state index in [1.54, 1.807) is 6.07 Å². The number of nitrogens with one attached hydrogen (secondary N) is 1. The Hall–Kier alpha value is -0.650. The average Bonchev–Trinajstić information content (AvgIpc) is 2.31. The van der Waals surface area contributed by atoms with Crippen molar-refractivity contribution in [3.05, 3.63) is 27.8 Å². The van der Waals surface area contributed by atoms with Crippen LogP contribution in [0.5, 0.6) is 0 Å². The maximum atomic E-state index is 12.9. The van der Waals surface area contributed by atoms with Gasteiger partial charge in [-0.15, -0.1) is 0 Å². The molecule has 4 heteroatoms. The molecule has 0 spiro atoms. The third-order valence-corrected chi connectivity index (χ3v) is 2.02. The van der Waals surface area contributed by atoms with E-state index in [1.165, 1.54) is 12.3 Å². The van der Waals surface area contributed by atoms with Gasteiger partial charge in [-0.2, -0.15) is 0 Å². The van der Waals surface area contributed by atoms with Crippen molar-refractivity contribution in [2.45, 2.75) is 0 Å². The number of halogens is 2. The maximum absolute atomic E-state index is 12.9. The molecule has 2 nitrogen and oxygen atoms in total. The van der Waals surface area contributed by atoms with Crippen molar-refractivity contribution in [1.82, 2.24) is 9.97 Å². The number of hydrogen-bond donors (Lipinski definition) is 1. The maximum Gasteiger partial charge on any atom is 0.150 e. The van der Waals surface area contributed by atoms with Crippen LogP contribution in [0, 0.1) is 9.52 Å². The quantitative estimate of drug-likeness (QED) is 0.725. The molecule has 0 aliphatic carbocycles. The number of H-pyrrole nitrogens is 1. The van der Waals surface area contributed by atoms with Crippen molar-refractivity contribution in [1.29, 1.82) is 0 Å². The molecule has 0 aromatic carbocycles. The fraction of sp³-hybridized carbons (Fsp3) is 0. The molecular weight excluding hydrogens is 258 g/mol. The van der Waals surface area contributed by atoms with Gasteiger partial charge in [-0.05, 0) is 34.7 Å². The predicted octanol–water partition coefficient (Wildman–Crippen LogP) is 2.31. The summed E-state index contributed by atoms with van der Waals surface area (Å²) in [5.74, 6) is -0.252. The molecule has 0 saturated carbocycles. The van der Waals surface area contributed by atoms with Gasteiger partial charge in [-0.3, -0.25) is 4.98 Å². The fourth-order valence-corrected chi connectivity index (χ4v) is 1.53. The summed E-state index contributed by atoms with van der Waals surface area (Å²) in [5, 5.41) is 0. The molecule has 0 radical (unpaired) electrons. The highest BCUT2D eigenvalue weighted by Gasteiger charge is 2.02. The Balaban J connectivity index is 2.90. The van der Waals surface area contributed by atoms with Gasteiger partial charge in [0.15, 0.2) is 0 Å². The Morgan fingerprint density at radius 3 is 3.09 bits per heavy atom. The van der Waals surface area contributed by atoms with Crippen LogP contribution in [-0.2, 0) is 0 Å². The molecule has 11 heavy (non-hydrogen) atoms. The molecular formula is C7H4FIN2. The molecule has 1 N–H and O–H groups in total. The molecule has 0 aliphatic rings. The topological polar surface area (TPSA) is 28.7 Å². The number of aromatic nitrogens is 2. The van der Waals surface area contributed by atoms with Gasteiger partial charge < -0.3 is 4.98 Å². The van der Waals surface area contributed by atoms with Crippen molar-refractivity contribution in [3.63, 3.8) is 0 Å². The number of nitrogens with zero attached hydrogens (tertiary/aromatic N) is 1. The number of pyridine rings is 1. The van der Waals surface area contributed by atoms with Gasteiger partial charge in [0.2, 0.25) is 0 Å². The zero-order valence-corrected chi connectivity index (χ0v) is 7.59. The summed E-state index contributed by atoms with van der Waals surface area (Å²) in [6.45, 7) is 0. The first-order valence-electron chi connectivity index (χ1n) is 3.06. The van der Waals surface area contributed by atoms with Gasteiger partial charge in [-0.1, -0.05) is 0 Å². The first kappa shape index (κ1) is 7.02. The molecule has 0 fully saturated rings. The summed E-state index contributed by atoms with van der Waals surface area (Å²) in [6.07, 6.45) is 1.46. The molecule has 2 aromatic rings. The second kappa shape index (κ2) is 2.44. The van der Waals surface area contributed by atoms with Crippen molar-refractivity contribution in [3.8, 4) is 0 Å². The summed E-state index contributed by atoms with van der Waals surface area (Å²) < 4.78 is 13.8. The predicted molar refractivity (Wildman–Crippen MR) is 48.8 cm³/mol. The third-order valence-electron chi connectivity index (χ3n) is 1.44. The highest BCUT2D eigenvalue weighted by molar-refractivity contribution is 14.1. The normalized spacial score (nSPS) is 10.7. The molecule has 2 aromatic heterocycles. The fourth-order valence-electron chi connectivity index (χ4n) is 0.962. The molecule has 2 heterocycles. The third kappa shape index (κ3) is 1.11. The molecule has 56 valence electrons. The van der Waals surface area contributed by atoms with Crippen molar-refractivity contribution in [2.24, 2.45) is 0 Å². The Kier molecular flexibility index (Phi) is 1.56. The van der Waals surface area contributed by atoms with Gasteiger partial charge in [-0.25, -0.2) is 4.39 Å². The van der Waals surface area contributed by atoms with E-state index >= 15 is 0 Å². The van der Waals surface area contributed by atoms with Crippen molar-refractivity contribution >= 4 is 33.6 Å². The standard InChI is InChI=1S/C7H4FIN2/c8-4-1-2-10-5-3-6(9)11-7(4)5/h1-3,11H. The van der Waals surface area contributed by atoms with Gasteiger partial charge in [0.1, 0.15) is 11.3 Å². The van der Waals surface area contributed by atoms with Gasteiger partial charge >= 0.3 is 0 Å². The number of fused-ring (bicyclic) bond motifs is 1. The minimum absolute atomic E-state index is 0.252. The number of rotatable bonds is 0. The van der Waals surface area contributed by atoms with Crippen LogP contribution in [0.4, 0.5) is 4.39 Å². The van der Waals surface area contributed by atoms with Gasteiger partial charge in [0, 0.05) is 6.20 Å². The minimum Gasteiger partial charge on any atom is -0.346 e. The second-order valence-electron chi connectivity index (χ2n) is 2.17. The molecule has 0 bridgehead atoms. The van der Waals surface area contributed by atoms with E-state index in [9.17, 15) is 4.39 Å². The van der Waals surface area contributed by atoms with Crippen LogP contribution in [-0.4, -0.2) is 9.97 Å². The molecule has 2 rings (SSSR count). The minimum atomic E-state index is -0.252. The summed E-state index contributed by atoms with van der Waals surface area (Å²) in [6, 6.07) is 3.15. The average molecular weight is 262 g/mol. The zero-order valence-electron chi connectivity index (χ0n) is 5.44. The van der Waals surface area contributed by atoms with Crippen LogP contribution < -0.4 is 0 Å². The van der Waals surface area contributed by atoms with E-state index in [0.717, 1.165) is 3.70 Å². The van der Waals surface area contributed by atoms with Crippen LogP contribution in [0.2, 0.25) is 0 Å². The first-order chi connectivity index (χ1) is 5.27. The lowest BCUT2D eigenvalue weighted by molar-refractivity contribution is 0.636. The summed E-state index contributed by atoms with van der Waals surface area (Å²) in [4.78, 5) is 6.86. The van der Waals surface area contributed by atoms with E-state index in [4.69, 9.17) is 0 Å². The lowest BCUT2D eigenvalue weighted by Gasteiger charge is -1.88. The summed E-state index contributed by atoms with van der Waals surface area (Å²) in [7, 11) is 0. The van der Waals surface area contributed by atoms with E-state index in [-0.39, 0.29) is 5.82 Å². The molecule has 0 saturated heterocycles. The largest absolute Gasteiger partial charge is 0.346 e. The van der Waals surface area contributed by atoms with E-state index in [0.29, 0.717) is 11.0 Å². The van der Waals surface area contributed by atoms with Crippen LogP contribution in [0.3, 0.4) is 0 Å². The highest BCUT2D eigenvalue weighted by atomic mass is 127. The van der Waals surface area contributed by atoms with Crippen molar-refractivity contribution in [2.75, 3.05) is 0 Å². The summed E-state index contributed by atoms with van der Waals surface area (Å²) >= 11 is 2.09. The van der Waals surface area contributed by atoms with Crippen LogP contribution in [0.25, 0.3) is 11.0 Å². The SMILES string of the molecule is Fc1ccnc2cc(I)[nH]c12. The number of hydrogen-bond acceptors (Lipinski definition) is 1. The van der Waals surface area contributed by atoms with Crippen LogP contribution in [0.15, 0.2) is 18.3 Å². The monoisotopic (exact) mass is 262 g/mol. The smallest absolute Gasteiger partial charge is 0.150 e. The Morgan fingerprint density at radius 1 is 1.55 bits per heavy atom. The highest BCUT2D eigenvalue weighted by Crippen LogP contribution is 2.16. The Bertz CT molecular complexity index is 396. The lowest BCUT2D eigenvalue weighted by atomic mass is 10.4.